The molecule has 0 amide bonds. The number of aryl methyl sites for hydroxylation is 1. The number of carboxylic acids is 1. The monoisotopic (exact) mass is 607 g/mol. The van der Waals surface area contributed by atoms with Gasteiger partial charge in [0.2, 0.25) is 5.89 Å². The summed E-state index contributed by atoms with van der Waals surface area (Å²) in [6, 6.07) is 4.96. The minimum absolute atomic E-state index is 0.0380. The van der Waals surface area contributed by atoms with Crippen LogP contribution in [0.5, 0.6) is 0 Å². The van der Waals surface area contributed by atoms with E-state index in [0.29, 0.717) is 41.1 Å². The molecule has 1 aromatic carbocycles. The Morgan fingerprint density at radius 3 is 2.52 bits per heavy atom. The average Bonchev–Trinajstić information content (AvgIpc) is 3.58. The molecule has 1 N–H and O–H groups in total. The Balaban J connectivity index is 1.78. The van der Waals surface area contributed by atoms with E-state index < -0.39 is 53.2 Å². The van der Waals surface area contributed by atoms with Crippen molar-refractivity contribution < 1.29 is 37.0 Å². The Hall–Kier alpha value is -3.75. The molecule has 4 heterocycles. The number of carboxylic acid groups (broad SMARTS) is 1. The Morgan fingerprint density at radius 1 is 1.21 bits per heavy atom. The summed E-state index contributed by atoms with van der Waals surface area (Å²) in [5.74, 6) is -1.26. The summed E-state index contributed by atoms with van der Waals surface area (Å²) in [5, 5.41) is 9.98. The molecule has 1 aliphatic heterocycles. The molecule has 0 spiro atoms. The molecular weight excluding hydrogens is 579 g/mol. The summed E-state index contributed by atoms with van der Waals surface area (Å²) in [6.45, 7) is 4.33. The Bertz CT molecular complexity index is 1730. The van der Waals surface area contributed by atoms with E-state index in [9.17, 15) is 32.7 Å². The van der Waals surface area contributed by atoms with Gasteiger partial charge in [0.1, 0.15) is 22.7 Å². The van der Waals surface area contributed by atoms with E-state index in [1.807, 2.05) is 0 Å². The minimum Gasteiger partial charge on any atom is -0.480 e. The lowest BCUT2D eigenvalue weighted by atomic mass is 10.0. The van der Waals surface area contributed by atoms with Gasteiger partial charge in [-0.2, -0.15) is 13.2 Å². The number of fused-ring (bicyclic) bond motifs is 1. The van der Waals surface area contributed by atoms with Crippen LogP contribution in [0.1, 0.15) is 49.5 Å². The number of carbonyl (C=O) groups is 1. The van der Waals surface area contributed by atoms with E-state index in [2.05, 4.69) is 4.98 Å². The van der Waals surface area contributed by atoms with Crippen molar-refractivity contribution >= 4 is 27.5 Å². The number of ether oxygens (including phenoxy) is 2. The third-order valence-electron chi connectivity index (χ3n) is 7.41. The topological polar surface area (TPSA) is 126 Å². The average molecular weight is 608 g/mol. The van der Waals surface area contributed by atoms with Gasteiger partial charge in [-0.3, -0.25) is 9.36 Å². The first-order valence-electron chi connectivity index (χ1n) is 13.1. The lowest BCUT2D eigenvalue weighted by molar-refractivity contribution is -0.146. The highest BCUT2D eigenvalue weighted by molar-refractivity contribution is 7.22. The number of hydrogen-bond acceptors (Lipinski definition) is 8. The van der Waals surface area contributed by atoms with Crippen LogP contribution in [-0.2, 0) is 32.5 Å². The molecule has 1 saturated heterocycles. The number of thiophene rings is 1. The standard InChI is InChI=1S/C28H28F3N3O7S/c1-15-20-23(35)34(27(2,3)25(36)37)26(38)33(24(20)42-21(15)22-32-10-13-40-22)14-19(41-16-8-11-39-12-9-16)17-6-4-5-7-18(17)28(29,30)31/h4-7,10,13,16,19H,8-9,11-12,14H2,1-3H3,(H,36,37). The van der Waals surface area contributed by atoms with E-state index in [1.54, 1.807) is 6.92 Å². The van der Waals surface area contributed by atoms with Crippen LogP contribution in [0.4, 0.5) is 13.2 Å². The first kappa shape index (κ1) is 29.7. The molecule has 1 atom stereocenters. The summed E-state index contributed by atoms with van der Waals surface area (Å²) < 4.78 is 61.3. The van der Waals surface area contributed by atoms with Crippen molar-refractivity contribution in [3.8, 4) is 10.8 Å². The first-order valence-corrected chi connectivity index (χ1v) is 14.0. The number of aromatic nitrogens is 3. The van der Waals surface area contributed by atoms with Crippen LogP contribution >= 0.6 is 11.3 Å². The van der Waals surface area contributed by atoms with Gasteiger partial charge in [0.05, 0.1) is 34.7 Å². The zero-order valence-corrected chi connectivity index (χ0v) is 23.8. The minimum atomic E-state index is -4.71. The normalized spacial score (nSPS) is 15.8. The molecule has 4 aromatic rings. The third kappa shape index (κ3) is 5.29. The second-order valence-corrected chi connectivity index (χ2v) is 11.5. The fraction of sp³-hybridized carbons (Fsp3) is 0.429. The number of rotatable bonds is 8. The van der Waals surface area contributed by atoms with Crippen LogP contribution in [-0.4, -0.2) is 44.5 Å². The number of nitrogens with zero attached hydrogens (tertiary/aromatic N) is 3. The van der Waals surface area contributed by atoms with E-state index in [-0.39, 0.29) is 21.7 Å². The predicted octanol–water partition coefficient (Wildman–Crippen LogP) is 4.96. The van der Waals surface area contributed by atoms with Crippen molar-refractivity contribution in [1.29, 1.82) is 0 Å². The Morgan fingerprint density at radius 2 is 1.90 bits per heavy atom. The number of oxazole rings is 1. The molecule has 0 aliphatic carbocycles. The summed E-state index contributed by atoms with van der Waals surface area (Å²) in [5.41, 5.74) is -4.54. The number of aliphatic carboxylic acids is 1. The van der Waals surface area contributed by atoms with E-state index in [1.165, 1.54) is 44.5 Å². The zero-order chi connectivity index (χ0) is 30.4. The highest BCUT2D eigenvalue weighted by Gasteiger charge is 2.39. The fourth-order valence-electron chi connectivity index (χ4n) is 5.10. The molecule has 0 bridgehead atoms. The molecule has 0 radical (unpaired) electrons. The number of alkyl halides is 3. The summed E-state index contributed by atoms with van der Waals surface area (Å²) in [7, 11) is 0. The Labute approximate surface area is 240 Å². The van der Waals surface area contributed by atoms with Crippen molar-refractivity contribution in [2.24, 2.45) is 0 Å². The Kier molecular flexibility index (Phi) is 7.89. The van der Waals surface area contributed by atoms with Gasteiger partial charge in [-0.1, -0.05) is 18.2 Å². The van der Waals surface area contributed by atoms with E-state index in [0.717, 1.165) is 22.0 Å². The molecule has 3 aromatic heterocycles. The van der Waals surface area contributed by atoms with Crippen molar-refractivity contribution in [3.05, 3.63) is 74.3 Å². The fourth-order valence-corrected chi connectivity index (χ4v) is 6.34. The second kappa shape index (κ2) is 11.2. The van der Waals surface area contributed by atoms with Gasteiger partial charge >= 0.3 is 17.8 Å². The lowest BCUT2D eigenvalue weighted by Crippen LogP contribution is -2.52. The van der Waals surface area contributed by atoms with Gasteiger partial charge in [0.25, 0.3) is 5.56 Å². The molecule has 224 valence electrons. The van der Waals surface area contributed by atoms with Crippen LogP contribution in [0, 0.1) is 6.92 Å². The van der Waals surface area contributed by atoms with Crippen LogP contribution in [0.25, 0.3) is 21.0 Å². The molecule has 42 heavy (non-hydrogen) atoms. The molecule has 5 rings (SSSR count). The first-order chi connectivity index (χ1) is 19.8. The molecule has 1 unspecified atom stereocenters. The van der Waals surface area contributed by atoms with Crippen LogP contribution < -0.4 is 11.2 Å². The maximum absolute atomic E-state index is 14.2. The van der Waals surface area contributed by atoms with E-state index in [4.69, 9.17) is 13.9 Å². The SMILES string of the molecule is Cc1c(-c2ncco2)sc2c1c(=O)n(C(C)(C)C(=O)O)c(=O)n2CC(OC1CCOCC1)c1ccccc1C(F)(F)F. The van der Waals surface area contributed by atoms with Crippen molar-refractivity contribution in [2.75, 3.05) is 13.2 Å². The van der Waals surface area contributed by atoms with E-state index >= 15 is 0 Å². The van der Waals surface area contributed by atoms with Crippen LogP contribution in [0.2, 0.25) is 0 Å². The highest BCUT2D eigenvalue weighted by atomic mass is 32.1. The van der Waals surface area contributed by atoms with Crippen LogP contribution in [0.3, 0.4) is 0 Å². The highest BCUT2D eigenvalue weighted by Crippen LogP contribution is 2.39. The van der Waals surface area contributed by atoms with Crippen molar-refractivity contribution in [1.82, 2.24) is 14.1 Å². The van der Waals surface area contributed by atoms with Crippen LogP contribution in [0.15, 0.2) is 50.7 Å². The van der Waals surface area contributed by atoms with Gasteiger partial charge in [-0.25, -0.2) is 19.1 Å². The molecule has 0 saturated carbocycles. The van der Waals surface area contributed by atoms with Crippen molar-refractivity contribution in [3.63, 3.8) is 0 Å². The molecule has 14 heteroatoms. The number of hydrogen-bond donors (Lipinski definition) is 1. The number of benzene rings is 1. The summed E-state index contributed by atoms with van der Waals surface area (Å²) in [4.78, 5) is 44.7. The molecule has 1 fully saturated rings. The maximum Gasteiger partial charge on any atom is 0.416 e. The van der Waals surface area contributed by atoms with Gasteiger partial charge in [-0.15, -0.1) is 11.3 Å². The van der Waals surface area contributed by atoms with Gasteiger partial charge in [0, 0.05) is 13.2 Å². The zero-order valence-electron chi connectivity index (χ0n) is 22.9. The third-order valence-corrected chi connectivity index (χ3v) is 8.71. The van der Waals surface area contributed by atoms with Crippen molar-refractivity contribution in [2.45, 2.75) is 64.1 Å². The number of halogens is 3. The summed E-state index contributed by atoms with van der Waals surface area (Å²) in [6.07, 6.45) is -2.83. The largest absolute Gasteiger partial charge is 0.480 e. The lowest BCUT2D eigenvalue weighted by Gasteiger charge is -2.30. The predicted molar refractivity (Wildman–Crippen MR) is 147 cm³/mol. The summed E-state index contributed by atoms with van der Waals surface area (Å²) >= 11 is 1.01. The smallest absolute Gasteiger partial charge is 0.416 e. The van der Waals surface area contributed by atoms with Gasteiger partial charge in [0.15, 0.2) is 0 Å². The second-order valence-electron chi connectivity index (χ2n) is 10.5. The molecule has 10 nitrogen and oxygen atoms in total. The quantitative estimate of drug-likeness (QED) is 0.298. The molecular formula is C28H28F3N3O7S. The molecule has 1 aliphatic rings. The maximum atomic E-state index is 14.2. The van der Waals surface area contributed by atoms with Gasteiger partial charge < -0.3 is 19.0 Å². The van der Waals surface area contributed by atoms with Gasteiger partial charge in [-0.05, 0) is 50.8 Å².